The van der Waals surface area contributed by atoms with Crippen molar-refractivity contribution in [3.05, 3.63) is 57.5 Å². The molecule has 0 aliphatic rings. The number of carboxylic acid groups (broad SMARTS) is 1. The third-order valence-electron chi connectivity index (χ3n) is 2.66. The van der Waals surface area contributed by atoms with Crippen LogP contribution in [0.5, 0.6) is 0 Å². The Balaban J connectivity index is 2.10. The number of thiophene rings is 1. The molecule has 6 heteroatoms. The molecule has 0 saturated heterocycles. The lowest BCUT2D eigenvalue weighted by Gasteiger charge is -2.05. The molecule has 21 heavy (non-hydrogen) atoms. The van der Waals surface area contributed by atoms with Crippen LogP contribution in [0.15, 0.2) is 36.4 Å². The van der Waals surface area contributed by atoms with Gasteiger partial charge in [-0.2, -0.15) is 0 Å². The molecule has 0 atom stereocenters. The molecule has 1 amide bonds. The van der Waals surface area contributed by atoms with Gasteiger partial charge < -0.3 is 10.4 Å². The molecule has 2 N–H and O–H groups in total. The van der Waals surface area contributed by atoms with Crippen molar-refractivity contribution in [2.24, 2.45) is 0 Å². The molecule has 2 aromatic rings. The number of hydrogen-bond donors (Lipinski definition) is 2. The molecule has 108 valence electrons. The van der Waals surface area contributed by atoms with E-state index >= 15 is 0 Å². The number of hydrogen-bond acceptors (Lipinski definition) is 3. The van der Waals surface area contributed by atoms with E-state index in [-0.39, 0.29) is 11.7 Å². The van der Waals surface area contributed by atoms with Gasteiger partial charge in [-0.15, -0.1) is 11.3 Å². The molecule has 4 nitrogen and oxygen atoms in total. The fourth-order valence-corrected chi connectivity index (χ4v) is 2.44. The molecule has 1 heterocycles. The third-order valence-corrected chi connectivity index (χ3v) is 3.71. The maximum absolute atomic E-state index is 13.1. The average molecular weight is 305 g/mol. The molecule has 0 spiro atoms. The van der Waals surface area contributed by atoms with Gasteiger partial charge in [0, 0.05) is 16.6 Å². The number of aliphatic carboxylic acids is 1. The summed E-state index contributed by atoms with van der Waals surface area (Å²) in [4.78, 5) is 23.6. The Labute approximate surface area is 124 Å². The van der Waals surface area contributed by atoms with Crippen LogP contribution in [0.25, 0.3) is 6.08 Å². The number of rotatable bonds is 4. The fourth-order valence-electron chi connectivity index (χ4n) is 1.63. The smallest absolute Gasteiger partial charge is 0.328 e. The van der Waals surface area contributed by atoms with Crippen LogP contribution in [0.3, 0.4) is 0 Å². The summed E-state index contributed by atoms with van der Waals surface area (Å²) in [7, 11) is 0. The molecule has 0 unspecified atom stereocenters. The standard InChI is InChI=1S/C15H12FNO3S/c1-9-8-10(2-5-12(9)16)17-15(20)13-6-3-11(21-13)4-7-14(18)19/h2-8H,1H3,(H,17,20)(H,18,19). The first-order valence-corrected chi connectivity index (χ1v) is 6.85. The highest BCUT2D eigenvalue weighted by atomic mass is 32.1. The van der Waals surface area contributed by atoms with Gasteiger partial charge in [0.25, 0.3) is 5.91 Å². The van der Waals surface area contributed by atoms with Gasteiger partial charge in [-0.25, -0.2) is 9.18 Å². The van der Waals surface area contributed by atoms with E-state index in [1.807, 2.05) is 0 Å². The molecule has 0 aliphatic heterocycles. The van der Waals surface area contributed by atoms with E-state index < -0.39 is 5.97 Å². The molecule has 0 bridgehead atoms. The molecule has 0 radical (unpaired) electrons. The van der Waals surface area contributed by atoms with E-state index in [9.17, 15) is 14.0 Å². The van der Waals surface area contributed by atoms with Gasteiger partial charge in [-0.3, -0.25) is 4.79 Å². The molecule has 0 aliphatic carbocycles. The Bertz CT molecular complexity index is 721. The molecule has 0 fully saturated rings. The van der Waals surface area contributed by atoms with Gasteiger partial charge in [0.05, 0.1) is 4.88 Å². The van der Waals surface area contributed by atoms with E-state index in [2.05, 4.69) is 5.32 Å². The summed E-state index contributed by atoms with van der Waals surface area (Å²) in [5.74, 6) is -1.69. The summed E-state index contributed by atoms with van der Waals surface area (Å²) in [6, 6.07) is 7.60. The minimum Gasteiger partial charge on any atom is -0.478 e. The SMILES string of the molecule is Cc1cc(NC(=O)c2ccc(C=CC(=O)O)s2)ccc1F. The summed E-state index contributed by atoms with van der Waals surface area (Å²) >= 11 is 1.17. The lowest BCUT2D eigenvalue weighted by molar-refractivity contribution is -0.131. The second kappa shape index (κ2) is 6.32. The van der Waals surface area contributed by atoms with Crippen molar-refractivity contribution in [3.63, 3.8) is 0 Å². The quantitative estimate of drug-likeness (QED) is 0.849. The Morgan fingerprint density at radius 1 is 1.29 bits per heavy atom. The van der Waals surface area contributed by atoms with Crippen molar-refractivity contribution in [2.45, 2.75) is 6.92 Å². The third kappa shape index (κ3) is 4.00. The van der Waals surface area contributed by atoms with Crippen molar-refractivity contribution >= 4 is 35.0 Å². The van der Waals surface area contributed by atoms with E-state index in [1.54, 1.807) is 25.1 Å². The van der Waals surface area contributed by atoms with E-state index in [0.717, 1.165) is 6.08 Å². The van der Waals surface area contributed by atoms with E-state index in [0.29, 0.717) is 21.0 Å². The van der Waals surface area contributed by atoms with Crippen molar-refractivity contribution in [3.8, 4) is 0 Å². The minimum absolute atomic E-state index is 0.319. The van der Waals surface area contributed by atoms with Crippen LogP contribution in [-0.4, -0.2) is 17.0 Å². The van der Waals surface area contributed by atoms with Crippen molar-refractivity contribution in [1.82, 2.24) is 0 Å². The maximum Gasteiger partial charge on any atom is 0.328 e. The summed E-state index contributed by atoms with van der Waals surface area (Å²) in [6.07, 6.45) is 2.43. The molecule has 2 rings (SSSR count). The number of carboxylic acids is 1. The van der Waals surface area contributed by atoms with Crippen LogP contribution in [0, 0.1) is 12.7 Å². The lowest BCUT2D eigenvalue weighted by atomic mass is 10.2. The topological polar surface area (TPSA) is 66.4 Å². The Hall–Kier alpha value is -2.47. The highest BCUT2D eigenvalue weighted by Gasteiger charge is 2.09. The first-order valence-electron chi connectivity index (χ1n) is 6.04. The number of nitrogens with one attached hydrogen (secondary N) is 1. The largest absolute Gasteiger partial charge is 0.478 e. The molecule has 1 aromatic heterocycles. The van der Waals surface area contributed by atoms with Crippen molar-refractivity contribution < 1.29 is 19.1 Å². The number of halogens is 1. The van der Waals surface area contributed by atoms with Crippen LogP contribution in [-0.2, 0) is 4.79 Å². The van der Waals surface area contributed by atoms with Gasteiger partial charge >= 0.3 is 5.97 Å². The number of carbonyl (C=O) groups is 2. The van der Waals surface area contributed by atoms with Crippen LogP contribution in [0.2, 0.25) is 0 Å². The second-order valence-electron chi connectivity index (χ2n) is 4.29. The number of anilines is 1. The van der Waals surface area contributed by atoms with Crippen LogP contribution < -0.4 is 5.32 Å². The highest BCUT2D eigenvalue weighted by Crippen LogP contribution is 2.20. The first kappa shape index (κ1) is 14.9. The van der Waals surface area contributed by atoms with Gasteiger partial charge in [-0.1, -0.05) is 0 Å². The summed E-state index contributed by atoms with van der Waals surface area (Å²) in [5.41, 5.74) is 0.957. The van der Waals surface area contributed by atoms with Crippen LogP contribution in [0.4, 0.5) is 10.1 Å². The summed E-state index contributed by atoms with van der Waals surface area (Å²) in [6.45, 7) is 1.62. The lowest BCUT2D eigenvalue weighted by Crippen LogP contribution is -2.10. The average Bonchev–Trinajstić information content (AvgIpc) is 2.89. The number of amides is 1. The maximum atomic E-state index is 13.1. The van der Waals surface area contributed by atoms with E-state index in [4.69, 9.17) is 5.11 Å². The van der Waals surface area contributed by atoms with Crippen LogP contribution >= 0.6 is 11.3 Å². The predicted molar refractivity (Wildman–Crippen MR) is 80.1 cm³/mol. The Morgan fingerprint density at radius 2 is 2.05 bits per heavy atom. The number of benzene rings is 1. The van der Waals surface area contributed by atoms with Gasteiger partial charge in [-0.05, 0) is 48.9 Å². The zero-order valence-corrected chi connectivity index (χ0v) is 11.9. The monoisotopic (exact) mass is 305 g/mol. The normalized spacial score (nSPS) is 10.8. The number of aryl methyl sites for hydroxylation is 1. The highest BCUT2D eigenvalue weighted by molar-refractivity contribution is 7.15. The van der Waals surface area contributed by atoms with Crippen LogP contribution in [0.1, 0.15) is 20.1 Å². The van der Waals surface area contributed by atoms with E-state index in [1.165, 1.54) is 29.5 Å². The second-order valence-corrected chi connectivity index (χ2v) is 5.41. The van der Waals surface area contributed by atoms with Gasteiger partial charge in [0.15, 0.2) is 0 Å². The zero-order chi connectivity index (χ0) is 15.4. The van der Waals surface area contributed by atoms with Gasteiger partial charge in [0.2, 0.25) is 0 Å². The predicted octanol–water partition coefficient (Wildman–Crippen LogP) is 3.55. The molecular formula is C15H12FNO3S. The van der Waals surface area contributed by atoms with Crippen molar-refractivity contribution in [2.75, 3.05) is 5.32 Å². The van der Waals surface area contributed by atoms with Gasteiger partial charge in [0.1, 0.15) is 5.82 Å². The molecular weight excluding hydrogens is 293 g/mol. The first-order chi connectivity index (χ1) is 9.95. The minimum atomic E-state index is -1.05. The molecule has 1 aromatic carbocycles. The van der Waals surface area contributed by atoms with Crippen molar-refractivity contribution in [1.29, 1.82) is 0 Å². The zero-order valence-electron chi connectivity index (χ0n) is 11.1. The summed E-state index contributed by atoms with van der Waals surface area (Å²) < 4.78 is 13.1. The number of carbonyl (C=O) groups excluding carboxylic acids is 1. The molecule has 0 saturated carbocycles. The Kier molecular flexibility index (Phi) is 4.49. The Morgan fingerprint density at radius 3 is 2.71 bits per heavy atom. The summed E-state index contributed by atoms with van der Waals surface area (Å²) in [5, 5.41) is 11.2. The fraction of sp³-hybridized carbons (Fsp3) is 0.0667.